The van der Waals surface area contributed by atoms with E-state index in [0.29, 0.717) is 48.4 Å². The molecular weight excluding hydrogens is 416 g/mol. The lowest BCUT2D eigenvalue weighted by atomic mass is 10.1. The molecule has 0 saturated heterocycles. The molecule has 2 aromatic rings. The third-order valence-electron chi connectivity index (χ3n) is 5.70. The lowest BCUT2D eigenvalue weighted by molar-refractivity contribution is -0.118. The minimum Gasteiger partial charge on any atom is -0.334 e. The molecule has 9 heteroatoms. The van der Waals surface area contributed by atoms with Gasteiger partial charge in [0.15, 0.2) is 11.6 Å². The van der Waals surface area contributed by atoms with Gasteiger partial charge in [-0.1, -0.05) is 6.92 Å². The standard InChI is InChI=1S/C23H29F2N5O2/c1-4-22(31)30-10-6-8-28(3)7-5-9-29(23(32)18-13-26-15-27-16(18)2)14-17-11-19(24)20(25)12-21(17)30/h11-13,15H,4-10,14H2,1-3H3. The van der Waals surface area contributed by atoms with Gasteiger partial charge >= 0.3 is 0 Å². The summed E-state index contributed by atoms with van der Waals surface area (Å²) in [6, 6.07) is 2.15. The van der Waals surface area contributed by atoms with E-state index in [1.54, 1.807) is 18.7 Å². The number of anilines is 1. The van der Waals surface area contributed by atoms with Crippen LogP contribution in [0, 0.1) is 18.6 Å². The highest BCUT2D eigenvalue weighted by Gasteiger charge is 2.25. The van der Waals surface area contributed by atoms with Gasteiger partial charge in [-0.05, 0) is 51.5 Å². The van der Waals surface area contributed by atoms with Gasteiger partial charge in [0.25, 0.3) is 5.91 Å². The largest absolute Gasteiger partial charge is 0.334 e. The van der Waals surface area contributed by atoms with Crippen molar-refractivity contribution >= 4 is 17.5 Å². The normalized spacial score (nSPS) is 16.2. The molecule has 172 valence electrons. The number of nitrogens with zero attached hydrogens (tertiary/aromatic N) is 5. The number of halogens is 2. The number of hydrogen-bond acceptors (Lipinski definition) is 5. The highest BCUT2D eigenvalue weighted by Crippen LogP contribution is 2.28. The van der Waals surface area contributed by atoms with E-state index in [9.17, 15) is 18.4 Å². The van der Waals surface area contributed by atoms with E-state index in [4.69, 9.17) is 0 Å². The molecular formula is C23H29F2N5O2. The Morgan fingerprint density at radius 1 is 1.06 bits per heavy atom. The summed E-state index contributed by atoms with van der Waals surface area (Å²) in [7, 11) is 1.99. The monoisotopic (exact) mass is 445 g/mol. The number of hydrogen-bond donors (Lipinski definition) is 0. The van der Waals surface area contributed by atoms with Gasteiger partial charge in [0.1, 0.15) is 6.33 Å². The van der Waals surface area contributed by atoms with E-state index < -0.39 is 11.6 Å². The van der Waals surface area contributed by atoms with Gasteiger partial charge in [-0.2, -0.15) is 0 Å². The van der Waals surface area contributed by atoms with E-state index >= 15 is 0 Å². The van der Waals surface area contributed by atoms with Crippen molar-refractivity contribution in [3.63, 3.8) is 0 Å². The second kappa shape index (κ2) is 10.6. The Bertz CT molecular complexity index is 985. The van der Waals surface area contributed by atoms with E-state index in [2.05, 4.69) is 14.9 Å². The average molecular weight is 446 g/mol. The summed E-state index contributed by atoms with van der Waals surface area (Å²) in [5.41, 5.74) is 1.60. The lowest BCUT2D eigenvalue weighted by Gasteiger charge is -2.31. The van der Waals surface area contributed by atoms with Crippen LogP contribution < -0.4 is 4.90 Å². The van der Waals surface area contributed by atoms with E-state index in [1.165, 1.54) is 17.4 Å². The number of amides is 2. The predicted molar refractivity (Wildman–Crippen MR) is 117 cm³/mol. The molecule has 1 aromatic carbocycles. The topological polar surface area (TPSA) is 69.6 Å². The molecule has 0 unspecified atom stereocenters. The third kappa shape index (κ3) is 5.45. The lowest BCUT2D eigenvalue weighted by Crippen LogP contribution is -2.38. The van der Waals surface area contributed by atoms with Crippen LogP contribution in [0.2, 0.25) is 0 Å². The van der Waals surface area contributed by atoms with Crippen molar-refractivity contribution in [2.24, 2.45) is 0 Å². The van der Waals surface area contributed by atoms with Crippen LogP contribution in [0.1, 0.15) is 47.8 Å². The zero-order chi connectivity index (χ0) is 23.3. The van der Waals surface area contributed by atoms with Crippen molar-refractivity contribution in [1.29, 1.82) is 0 Å². The molecule has 1 aliphatic rings. The molecule has 2 amide bonds. The summed E-state index contributed by atoms with van der Waals surface area (Å²) in [4.78, 5) is 39.3. The highest BCUT2D eigenvalue weighted by atomic mass is 19.2. The zero-order valence-electron chi connectivity index (χ0n) is 18.8. The first-order chi connectivity index (χ1) is 15.3. The molecule has 0 spiro atoms. The first-order valence-corrected chi connectivity index (χ1v) is 10.8. The van der Waals surface area contributed by atoms with Crippen LogP contribution in [-0.2, 0) is 11.3 Å². The fourth-order valence-corrected chi connectivity index (χ4v) is 3.90. The van der Waals surface area contributed by atoms with Gasteiger partial charge in [-0.3, -0.25) is 9.59 Å². The summed E-state index contributed by atoms with van der Waals surface area (Å²) in [6.45, 7) is 5.80. The minimum atomic E-state index is -1.02. The Labute approximate surface area is 187 Å². The number of carbonyl (C=O) groups is 2. The molecule has 32 heavy (non-hydrogen) atoms. The van der Waals surface area contributed by atoms with Gasteiger partial charge in [-0.25, -0.2) is 18.7 Å². The van der Waals surface area contributed by atoms with Crippen molar-refractivity contribution in [3.05, 3.63) is 53.1 Å². The molecule has 0 bridgehead atoms. The second-order valence-electron chi connectivity index (χ2n) is 8.05. The van der Waals surface area contributed by atoms with Gasteiger partial charge < -0.3 is 14.7 Å². The molecule has 0 fully saturated rings. The fraction of sp³-hybridized carbons (Fsp3) is 0.478. The van der Waals surface area contributed by atoms with Gasteiger partial charge in [0.05, 0.1) is 16.9 Å². The van der Waals surface area contributed by atoms with Crippen molar-refractivity contribution in [1.82, 2.24) is 19.8 Å². The van der Waals surface area contributed by atoms with Crippen molar-refractivity contribution in [2.45, 2.75) is 39.7 Å². The smallest absolute Gasteiger partial charge is 0.257 e. The summed E-state index contributed by atoms with van der Waals surface area (Å²) in [5.74, 6) is -2.49. The minimum absolute atomic E-state index is 0.0386. The molecule has 1 aliphatic heterocycles. The van der Waals surface area contributed by atoms with Gasteiger partial charge in [0, 0.05) is 38.3 Å². The number of aryl methyl sites for hydroxylation is 1. The van der Waals surface area contributed by atoms with Gasteiger partial charge in [0.2, 0.25) is 5.91 Å². The maximum atomic E-state index is 14.2. The van der Waals surface area contributed by atoms with Crippen LogP contribution >= 0.6 is 0 Å². The van der Waals surface area contributed by atoms with Crippen LogP contribution in [0.25, 0.3) is 0 Å². The van der Waals surface area contributed by atoms with E-state index in [0.717, 1.165) is 25.2 Å². The SMILES string of the molecule is CCC(=O)N1CCCN(C)CCCN(C(=O)c2cncnc2C)Cc2cc(F)c(F)cc21. The van der Waals surface area contributed by atoms with E-state index in [-0.39, 0.29) is 24.8 Å². The Hall–Kier alpha value is -2.94. The molecule has 0 aliphatic carbocycles. The Kier molecular flexibility index (Phi) is 7.84. The molecule has 0 atom stereocenters. The summed E-state index contributed by atoms with van der Waals surface area (Å²) in [5, 5.41) is 0. The summed E-state index contributed by atoms with van der Waals surface area (Å²) >= 11 is 0. The van der Waals surface area contributed by atoms with Crippen LogP contribution in [0.4, 0.5) is 14.5 Å². The summed E-state index contributed by atoms with van der Waals surface area (Å²) in [6.07, 6.45) is 4.48. The highest BCUT2D eigenvalue weighted by molar-refractivity contribution is 5.96. The third-order valence-corrected chi connectivity index (χ3v) is 5.70. The molecule has 3 rings (SSSR count). The Balaban J connectivity index is 2.06. The Morgan fingerprint density at radius 2 is 1.75 bits per heavy atom. The Morgan fingerprint density at radius 3 is 2.44 bits per heavy atom. The maximum absolute atomic E-state index is 14.2. The van der Waals surface area contributed by atoms with Crippen LogP contribution in [0.5, 0.6) is 0 Å². The van der Waals surface area contributed by atoms with Crippen LogP contribution in [0.3, 0.4) is 0 Å². The number of benzene rings is 1. The molecule has 2 heterocycles. The molecule has 0 saturated carbocycles. The second-order valence-corrected chi connectivity index (χ2v) is 8.05. The fourth-order valence-electron chi connectivity index (χ4n) is 3.90. The van der Waals surface area contributed by atoms with Crippen molar-refractivity contribution < 1.29 is 18.4 Å². The molecule has 7 nitrogen and oxygen atoms in total. The predicted octanol–water partition coefficient (Wildman–Crippen LogP) is 3.17. The number of fused-ring (bicyclic) bond motifs is 1. The summed E-state index contributed by atoms with van der Waals surface area (Å²) < 4.78 is 28.5. The first-order valence-electron chi connectivity index (χ1n) is 10.8. The maximum Gasteiger partial charge on any atom is 0.257 e. The molecule has 0 N–H and O–H groups in total. The first kappa shape index (κ1) is 23.7. The van der Waals surface area contributed by atoms with E-state index in [1.807, 2.05) is 7.05 Å². The quantitative estimate of drug-likeness (QED) is 0.710. The zero-order valence-corrected chi connectivity index (χ0v) is 18.8. The average Bonchev–Trinajstić information content (AvgIpc) is 2.77. The number of aromatic nitrogens is 2. The van der Waals surface area contributed by atoms with Crippen molar-refractivity contribution in [2.75, 3.05) is 38.1 Å². The number of carbonyl (C=O) groups excluding carboxylic acids is 2. The van der Waals surface area contributed by atoms with Crippen LogP contribution in [-0.4, -0.2) is 64.8 Å². The molecule has 1 aromatic heterocycles. The van der Waals surface area contributed by atoms with Crippen LogP contribution in [0.15, 0.2) is 24.7 Å². The number of rotatable bonds is 2. The molecule has 0 radical (unpaired) electrons. The van der Waals surface area contributed by atoms with Gasteiger partial charge in [-0.15, -0.1) is 0 Å². The van der Waals surface area contributed by atoms with Crippen molar-refractivity contribution in [3.8, 4) is 0 Å².